The van der Waals surface area contributed by atoms with Gasteiger partial charge < -0.3 is 4.74 Å². The maximum Gasteiger partial charge on any atom is 0.308 e. The summed E-state index contributed by atoms with van der Waals surface area (Å²) < 4.78 is 7.24. The number of esters is 1. The summed E-state index contributed by atoms with van der Waals surface area (Å²) >= 11 is 4.38. The number of carbonyl (C=O) groups is 1. The predicted molar refractivity (Wildman–Crippen MR) is 113 cm³/mol. The lowest BCUT2D eigenvalue weighted by molar-refractivity contribution is -0.131. The highest BCUT2D eigenvalue weighted by atomic mass is 79.9. The molecule has 2 aromatic heterocycles. The number of thiazole rings is 1. The van der Waals surface area contributed by atoms with E-state index in [2.05, 4.69) is 26.0 Å². The fraction of sp³-hybridized carbons (Fsp3) is 0.0500. The van der Waals surface area contributed by atoms with Crippen LogP contribution in [-0.4, -0.2) is 20.6 Å². The number of hydrogen-bond donors (Lipinski definition) is 0. The van der Waals surface area contributed by atoms with Crippen molar-refractivity contribution in [2.24, 2.45) is 0 Å². The van der Waals surface area contributed by atoms with E-state index in [9.17, 15) is 14.4 Å². The number of nitrogens with zero attached hydrogens (tertiary/aromatic N) is 3. The van der Waals surface area contributed by atoms with Crippen molar-refractivity contribution < 1.29 is 9.53 Å². The lowest BCUT2D eigenvalue weighted by Gasteiger charge is -2.04. The van der Waals surface area contributed by atoms with E-state index in [1.54, 1.807) is 48.5 Å². The Bertz CT molecular complexity index is 1410. The largest absolute Gasteiger partial charge is 0.425 e. The van der Waals surface area contributed by atoms with Gasteiger partial charge in [0.1, 0.15) is 5.75 Å². The third kappa shape index (κ3) is 3.87. The monoisotopic (exact) mass is 469 g/mol. The molecule has 0 unspecified atom stereocenters. The Kier molecular flexibility index (Phi) is 5.08. The maximum atomic E-state index is 12.8. The lowest BCUT2D eigenvalue weighted by Crippen LogP contribution is -2.26. The van der Waals surface area contributed by atoms with Gasteiger partial charge in [0.25, 0.3) is 5.56 Å². The molecular formula is C20H12BrN3O4S. The SMILES string of the molecule is CC(=O)Oc1cc(C=c2sc3nc(=O)c(-c4ccccc4)nn3c2=O)ccc1Br. The van der Waals surface area contributed by atoms with Gasteiger partial charge in [-0.1, -0.05) is 47.7 Å². The molecule has 2 heterocycles. The third-order valence-electron chi connectivity index (χ3n) is 3.94. The topological polar surface area (TPSA) is 90.6 Å². The minimum Gasteiger partial charge on any atom is -0.425 e. The fourth-order valence-electron chi connectivity index (χ4n) is 2.68. The standard InChI is InChI=1S/C20H12BrN3O4S/c1-11(25)28-15-9-12(7-8-14(15)21)10-16-19(27)24-20(29-16)22-18(26)17(23-24)13-5-3-2-4-6-13/h2-10H,1H3. The molecule has 0 atom stereocenters. The van der Waals surface area contributed by atoms with Crippen molar-refractivity contribution in [3.8, 4) is 17.0 Å². The van der Waals surface area contributed by atoms with Crippen LogP contribution in [0.25, 0.3) is 22.3 Å². The second-order valence-corrected chi connectivity index (χ2v) is 7.89. The van der Waals surface area contributed by atoms with Crippen molar-refractivity contribution in [3.63, 3.8) is 0 Å². The third-order valence-corrected chi connectivity index (χ3v) is 5.55. The van der Waals surface area contributed by atoms with Crippen LogP contribution in [0.1, 0.15) is 12.5 Å². The molecular weight excluding hydrogens is 458 g/mol. The molecule has 0 N–H and O–H groups in total. The summed E-state index contributed by atoms with van der Waals surface area (Å²) in [6, 6.07) is 14.0. The average molecular weight is 470 g/mol. The summed E-state index contributed by atoms with van der Waals surface area (Å²) in [7, 11) is 0. The molecule has 0 aliphatic heterocycles. The van der Waals surface area contributed by atoms with Gasteiger partial charge in [-0.25, -0.2) is 0 Å². The van der Waals surface area contributed by atoms with E-state index in [1.165, 1.54) is 6.92 Å². The predicted octanol–water partition coefficient (Wildman–Crippen LogP) is 2.41. The van der Waals surface area contributed by atoms with Crippen LogP contribution in [0.4, 0.5) is 0 Å². The Labute approximate surface area is 176 Å². The van der Waals surface area contributed by atoms with E-state index >= 15 is 0 Å². The van der Waals surface area contributed by atoms with E-state index in [4.69, 9.17) is 4.74 Å². The molecule has 2 aromatic carbocycles. The van der Waals surface area contributed by atoms with Crippen molar-refractivity contribution in [3.05, 3.63) is 83.8 Å². The van der Waals surface area contributed by atoms with Crippen LogP contribution in [0.2, 0.25) is 0 Å². The summed E-state index contributed by atoms with van der Waals surface area (Å²) in [6.07, 6.45) is 1.63. The summed E-state index contributed by atoms with van der Waals surface area (Å²) in [5, 5.41) is 4.22. The van der Waals surface area contributed by atoms with Crippen LogP contribution in [-0.2, 0) is 4.79 Å². The molecule has 7 nitrogen and oxygen atoms in total. The Hall–Kier alpha value is -3.17. The zero-order valence-electron chi connectivity index (χ0n) is 15.0. The van der Waals surface area contributed by atoms with E-state index < -0.39 is 11.5 Å². The molecule has 9 heteroatoms. The molecule has 29 heavy (non-hydrogen) atoms. The minimum absolute atomic E-state index is 0.116. The molecule has 0 bridgehead atoms. The second-order valence-electron chi connectivity index (χ2n) is 6.03. The first-order valence-corrected chi connectivity index (χ1v) is 10.0. The van der Waals surface area contributed by atoms with Crippen molar-refractivity contribution in [1.82, 2.24) is 14.6 Å². The molecule has 0 amide bonds. The zero-order valence-corrected chi connectivity index (χ0v) is 17.4. The highest BCUT2D eigenvalue weighted by molar-refractivity contribution is 9.10. The molecule has 0 saturated heterocycles. The van der Waals surface area contributed by atoms with Crippen molar-refractivity contribution >= 4 is 44.3 Å². The van der Waals surface area contributed by atoms with Gasteiger partial charge in [-0.05, 0) is 39.7 Å². The Balaban J connectivity index is 1.86. The lowest BCUT2D eigenvalue weighted by atomic mass is 10.2. The van der Waals surface area contributed by atoms with Crippen LogP contribution in [0.3, 0.4) is 0 Å². The maximum absolute atomic E-state index is 12.8. The van der Waals surface area contributed by atoms with Gasteiger partial charge >= 0.3 is 11.5 Å². The Morgan fingerprint density at radius 2 is 1.93 bits per heavy atom. The fourth-order valence-corrected chi connectivity index (χ4v) is 3.91. The second kappa shape index (κ2) is 7.69. The molecule has 4 aromatic rings. The van der Waals surface area contributed by atoms with Gasteiger partial charge in [0.2, 0.25) is 4.96 Å². The van der Waals surface area contributed by atoms with Crippen LogP contribution >= 0.6 is 27.3 Å². The molecule has 4 rings (SSSR count). The number of aromatic nitrogens is 3. The number of fused-ring (bicyclic) bond motifs is 1. The first-order chi connectivity index (χ1) is 13.9. The van der Waals surface area contributed by atoms with E-state index in [-0.39, 0.29) is 16.2 Å². The molecule has 0 fully saturated rings. The highest BCUT2D eigenvalue weighted by Crippen LogP contribution is 2.26. The summed E-state index contributed by atoms with van der Waals surface area (Å²) in [5.41, 5.74) is 0.482. The Morgan fingerprint density at radius 3 is 2.66 bits per heavy atom. The number of ether oxygens (including phenoxy) is 1. The number of hydrogen-bond acceptors (Lipinski definition) is 7. The quantitative estimate of drug-likeness (QED) is 0.338. The number of rotatable bonds is 3. The van der Waals surface area contributed by atoms with Gasteiger partial charge in [0.15, 0.2) is 5.69 Å². The zero-order chi connectivity index (χ0) is 20.5. The molecule has 144 valence electrons. The van der Waals surface area contributed by atoms with Gasteiger partial charge in [0, 0.05) is 12.5 Å². The minimum atomic E-state index is -0.496. The van der Waals surface area contributed by atoms with Crippen molar-refractivity contribution in [2.75, 3.05) is 0 Å². The van der Waals surface area contributed by atoms with Crippen LogP contribution in [0.15, 0.2) is 62.6 Å². The van der Waals surface area contributed by atoms with Gasteiger partial charge in [-0.2, -0.15) is 14.6 Å². The number of carbonyl (C=O) groups excluding carboxylic acids is 1. The summed E-state index contributed by atoms with van der Waals surface area (Å²) in [5.74, 6) is -0.105. The first-order valence-electron chi connectivity index (χ1n) is 8.41. The molecule has 0 aliphatic rings. The smallest absolute Gasteiger partial charge is 0.308 e. The number of halogens is 1. The normalized spacial score (nSPS) is 11.7. The van der Waals surface area contributed by atoms with E-state index in [0.29, 0.717) is 25.9 Å². The highest BCUT2D eigenvalue weighted by Gasteiger charge is 2.13. The Morgan fingerprint density at radius 1 is 1.17 bits per heavy atom. The van der Waals surface area contributed by atoms with E-state index in [1.807, 2.05) is 6.07 Å². The molecule has 0 aliphatic carbocycles. The molecule has 0 spiro atoms. The van der Waals surface area contributed by atoms with Crippen LogP contribution < -0.4 is 20.4 Å². The van der Waals surface area contributed by atoms with Crippen LogP contribution in [0.5, 0.6) is 5.75 Å². The van der Waals surface area contributed by atoms with Gasteiger partial charge in [0.05, 0.1) is 9.01 Å². The molecule has 0 radical (unpaired) electrons. The summed E-state index contributed by atoms with van der Waals surface area (Å²) in [6.45, 7) is 1.31. The first kappa shape index (κ1) is 19.2. The molecule has 0 saturated carbocycles. The van der Waals surface area contributed by atoms with Crippen LogP contribution in [0, 0.1) is 0 Å². The van der Waals surface area contributed by atoms with Gasteiger partial charge in [-0.15, -0.1) is 0 Å². The van der Waals surface area contributed by atoms with Crippen molar-refractivity contribution in [1.29, 1.82) is 0 Å². The van der Waals surface area contributed by atoms with Gasteiger partial charge in [-0.3, -0.25) is 14.4 Å². The average Bonchev–Trinajstić information content (AvgIpc) is 2.98. The summed E-state index contributed by atoms with van der Waals surface area (Å²) in [4.78, 5) is 40.6. The van der Waals surface area contributed by atoms with E-state index in [0.717, 1.165) is 15.9 Å². The number of benzene rings is 2. The van der Waals surface area contributed by atoms with Crippen molar-refractivity contribution in [2.45, 2.75) is 6.92 Å².